The maximum atomic E-state index is 4.69. The maximum absolute atomic E-state index is 4.69. The Morgan fingerprint density at radius 1 is 1.10 bits per heavy atom. The van der Waals surface area contributed by atoms with E-state index in [-0.39, 0.29) is 0 Å². The second-order valence-electron chi connectivity index (χ2n) is 5.23. The standard InChI is InChI=1S/C18H19N3/c1-4-15-17(16-10-5-6-11-19-16)18(21(3)20-15)14-9-7-8-13(2)12-14/h5-12H,4H2,1-3H3. The molecule has 1 aromatic carbocycles. The topological polar surface area (TPSA) is 30.7 Å². The fourth-order valence-corrected chi connectivity index (χ4v) is 2.73. The van der Waals surface area contributed by atoms with Gasteiger partial charge in [-0.15, -0.1) is 0 Å². The van der Waals surface area contributed by atoms with Crippen LogP contribution in [0.2, 0.25) is 0 Å². The van der Waals surface area contributed by atoms with Crippen molar-refractivity contribution in [1.82, 2.24) is 14.8 Å². The first-order chi connectivity index (χ1) is 10.2. The molecule has 3 rings (SSSR count). The molecule has 0 aliphatic heterocycles. The van der Waals surface area contributed by atoms with Crippen LogP contribution in [0.4, 0.5) is 0 Å². The van der Waals surface area contributed by atoms with Crippen LogP contribution in [0.3, 0.4) is 0 Å². The van der Waals surface area contributed by atoms with Crippen molar-refractivity contribution in [1.29, 1.82) is 0 Å². The van der Waals surface area contributed by atoms with Crippen molar-refractivity contribution >= 4 is 0 Å². The number of rotatable bonds is 3. The average Bonchev–Trinajstić information content (AvgIpc) is 2.84. The molecule has 0 amide bonds. The van der Waals surface area contributed by atoms with E-state index in [0.29, 0.717) is 0 Å². The second-order valence-corrected chi connectivity index (χ2v) is 5.23. The predicted octanol–water partition coefficient (Wildman–Crippen LogP) is 4.02. The van der Waals surface area contributed by atoms with Gasteiger partial charge in [0.25, 0.3) is 0 Å². The summed E-state index contributed by atoms with van der Waals surface area (Å²) in [5.41, 5.74) is 6.79. The summed E-state index contributed by atoms with van der Waals surface area (Å²) < 4.78 is 1.97. The van der Waals surface area contributed by atoms with Gasteiger partial charge in [-0.05, 0) is 31.5 Å². The highest BCUT2D eigenvalue weighted by Crippen LogP contribution is 2.34. The van der Waals surface area contributed by atoms with E-state index >= 15 is 0 Å². The Kier molecular flexibility index (Phi) is 3.57. The van der Waals surface area contributed by atoms with Gasteiger partial charge in [-0.2, -0.15) is 5.10 Å². The van der Waals surface area contributed by atoms with Gasteiger partial charge in [0.2, 0.25) is 0 Å². The monoisotopic (exact) mass is 277 g/mol. The van der Waals surface area contributed by atoms with E-state index in [0.717, 1.165) is 29.1 Å². The molecule has 3 heteroatoms. The molecule has 2 heterocycles. The number of hydrogen-bond acceptors (Lipinski definition) is 2. The largest absolute Gasteiger partial charge is 0.267 e. The van der Waals surface area contributed by atoms with Crippen LogP contribution in [0.5, 0.6) is 0 Å². The van der Waals surface area contributed by atoms with Crippen LogP contribution in [-0.2, 0) is 13.5 Å². The fraction of sp³-hybridized carbons (Fsp3) is 0.222. The zero-order valence-corrected chi connectivity index (χ0v) is 12.7. The van der Waals surface area contributed by atoms with Crippen LogP contribution in [-0.4, -0.2) is 14.8 Å². The molecule has 0 radical (unpaired) electrons. The van der Waals surface area contributed by atoms with Gasteiger partial charge in [-0.3, -0.25) is 9.67 Å². The van der Waals surface area contributed by atoms with Gasteiger partial charge in [-0.25, -0.2) is 0 Å². The van der Waals surface area contributed by atoms with Crippen molar-refractivity contribution in [2.45, 2.75) is 20.3 Å². The first-order valence-corrected chi connectivity index (χ1v) is 7.25. The molecule has 3 aromatic rings. The van der Waals surface area contributed by atoms with Crippen LogP contribution >= 0.6 is 0 Å². The van der Waals surface area contributed by atoms with Crippen molar-refractivity contribution in [2.75, 3.05) is 0 Å². The summed E-state index contributed by atoms with van der Waals surface area (Å²) in [4.78, 5) is 4.53. The number of pyridine rings is 1. The van der Waals surface area contributed by atoms with Crippen LogP contribution < -0.4 is 0 Å². The molecule has 0 atom stereocenters. The fourth-order valence-electron chi connectivity index (χ4n) is 2.73. The average molecular weight is 277 g/mol. The third kappa shape index (κ3) is 2.47. The van der Waals surface area contributed by atoms with Gasteiger partial charge in [-0.1, -0.05) is 36.8 Å². The van der Waals surface area contributed by atoms with Crippen LogP contribution in [0.15, 0.2) is 48.7 Å². The molecule has 0 fully saturated rings. The van der Waals surface area contributed by atoms with Crippen molar-refractivity contribution in [2.24, 2.45) is 7.05 Å². The van der Waals surface area contributed by atoms with Gasteiger partial charge in [0.1, 0.15) is 0 Å². The molecule has 0 bridgehead atoms. The number of hydrogen-bond donors (Lipinski definition) is 0. The van der Waals surface area contributed by atoms with E-state index in [2.05, 4.69) is 54.3 Å². The lowest BCUT2D eigenvalue weighted by atomic mass is 10.0. The van der Waals surface area contributed by atoms with Crippen LogP contribution in [0.25, 0.3) is 22.5 Å². The lowest BCUT2D eigenvalue weighted by Crippen LogP contribution is -1.95. The van der Waals surface area contributed by atoms with E-state index in [1.807, 2.05) is 30.1 Å². The minimum Gasteiger partial charge on any atom is -0.267 e. The minimum atomic E-state index is 0.894. The molecule has 21 heavy (non-hydrogen) atoms. The molecule has 0 unspecified atom stereocenters. The van der Waals surface area contributed by atoms with Crippen LogP contribution in [0.1, 0.15) is 18.2 Å². The molecule has 106 valence electrons. The Morgan fingerprint density at radius 2 is 1.95 bits per heavy atom. The third-order valence-corrected chi connectivity index (χ3v) is 3.67. The molecule has 0 spiro atoms. The van der Waals surface area contributed by atoms with Gasteiger partial charge < -0.3 is 0 Å². The molecular weight excluding hydrogens is 258 g/mol. The Hall–Kier alpha value is -2.42. The quantitative estimate of drug-likeness (QED) is 0.724. The molecular formula is C18H19N3. The van der Waals surface area contributed by atoms with Crippen molar-refractivity contribution in [3.8, 4) is 22.5 Å². The van der Waals surface area contributed by atoms with Crippen molar-refractivity contribution < 1.29 is 0 Å². The zero-order chi connectivity index (χ0) is 14.8. The molecule has 0 saturated carbocycles. The molecule has 0 aliphatic rings. The number of aryl methyl sites for hydroxylation is 3. The molecule has 0 aliphatic carbocycles. The zero-order valence-electron chi connectivity index (χ0n) is 12.7. The maximum Gasteiger partial charge on any atom is 0.0776 e. The Morgan fingerprint density at radius 3 is 2.62 bits per heavy atom. The first-order valence-electron chi connectivity index (χ1n) is 7.25. The lowest BCUT2D eigenvalue weighted by Gasteiger charge is -2.08. The molecule has 2 aromatic heterocycles. The van der Waals surface area contributed by atoms with Crippen molar-refractivity contribution in [3.05, 3.63) is 59.9 Å². The molecule has 3 nitrogen and oxygen atoms in total. The Labute approximate surface area is 125 Å². The highest BCUT2D eigenvalue weighted by molar-refractivity contribution is 5.81. The lowest BCUT2D eigenvalue weighted by molar-refractivity contribution is 0.753. The van der Waals surface area contributed by atoms with E-state index in [1.165, 1.54) is 11.1 Å². The van der Waals surface area contributed by atoms with Gasteiger partial charge in [0, 0.05) is 24.4 Å². The highest BCUT2D eigenvalue weighted by atomic mass is 15.3. The Bertz CT molecular complexity index is 757. The smallest absolute Gasteiger partial charge is 0.0776 e. The van der Waals surface area contributed by atoms with Gasteiger partial charge in [0.05, 0.1) is 17.1 Å². The van der Waals surface area contributed by atoms with Crippen LogP contribution in [0, 0.1) is 6.92 Å². The summed E-state index contributed by atoms with van der Waals surface area (Å²) in [6.45, 7) is 4.25. The number of aromatic nitrogens is 3. The SMILES string of the molecule is CCc1nn(C)c(-c2cccc(C)c2)c1-c1ccccn1. The minimum absolute atomic E-state index is 0.894. The summed E-state index contributed by atoms with van der Waals surface area (Å²) in [5.74, 6) is 0. The van der Waals surface area contributed by atoms with E-state index in [9.17, 15) is 0 Å². The summed E-state index contributed by atoms with van der Waals surface area (Å²) in [7, 11) is 2.00. The summed E-state index contributed by atoms with van der Waals surface area (Å²) >= 11 is 0. The van der Waals surface area contributed by atoms with Gasteiger partial charge >= 0.3 is 0 Å². The summed E-state index contributed by atoms with van der Waals surface area (Å²) in [6.07, 6.45) is 2.73. The first kappa shape index (κ1) is 13.6. The number of nitrogens with zero attached hydrogens (tertiary/aromatic N) is 3. The Balaban J connectivity index is 2.28. The normalized spacial score (nSPS) is 10.8. The highest BCUT2D eigenvalue weighted by Gasteiger charge is 2.18. The predicted molar refractivity (Wildman–Crippen MR) is 86.0 cm³/mol. The summed E-state index contributed by atoms with van der Waals surface area (Å²) in [6, 6.07) is 14.5. The third-order valence-electron chi connectivity index (χ3n) is 3.67. The van der Waals surface area contributed by atoms with E-state index in [4.69, 9.17) is 0 Å². The van der Waals surface area contributed by atoms with E-state index < -0.39 is 0 Å². The summed E-state index contributed by atoms with van der Waals surface area (Å²) in [5, 5.41) is 4.69. The molecule has 0 saturated heterocycles. The number of benzene rings is 1. The van der Waals surface area contributed by atoms with E-state index in [1.54, 1.807) is 0 Å². The molecule has 0 N–H and O–H groups in total. The second kappa shape index (κ2) is 5.52. The van der Waals surface area contributed by atoms with Crippen molar-refractivity contribution in [3.63, 3.8) is 0 Å². The van der Waals surface area contributed by atoms with Gasteiger partial charge in [0.15, 0.2) is 0 Å².